The number of aliphatic carboxylic acids is 8. The molecule has 5 rings (SSSR count). The number of rotatable bonds is 20. The van der Waals surface area contributed by atoms with Gasteiger partial charge in [0.05, 0.1) is 22.8 Å². The zero-order valence-corrected chi connectivity index (χ0v) is 36.1. The summed E-state index contributed by atoms with van der Waals surface area (Å²) in [7, 11) is 0. The van der Waals surface area contributed by atoms with Crippen molar-refractivity contribution in [2.45, 2.75) is 142 Å². The molecule has 5 aliphatic heterocycles. The Morgan fingerprint density at radius 2 is 1.30 bits per heavy atom. The summed E-state index contributed by atoms with van der Waals surface area (Å²) in [5, 5.41) is 102. The highest BCUT2D eigenvalue weighted by atomic mass is 16.4. The third kappa shape index (κ3) is 9.22. The molecule has 20 nitrogen and oxygen atoms in total. The standard InChI is InChI=1S/C44H56N4O16/c1-40(13-12-34(55)56)25(15-36(59)60)39-44(5)42(3,20-38(63)64)23(8-11-33(53)54)27(48-44)17-30-41(2,19-37(61)62)22(7-10-32(51)52)28(45-30)18-43(4)24(14-35(57)58)21(6-9-31(49)50)26(47-43)16-29(40)46-39/h17,23,25,39,48H,6-16,18-20H2,1-5H3,(H,49,50)(H,51,52)(H,53,54)(H,55,56)(H,57,58)(H,59,60)(H,61,62)(H,63,64)/p-8/b27-17-/t23-,25+,39-,40-,41+,42+,43+,44+/m1/s1. The number of carbonyl (C=O) groups is 8. The van der Waals surface area contributed by atoms with E-state index in [2.05, 4.69) is 5.32 Å². The Balaban J connectivity index is 1.97. The molecule has 0 spiro atoms. The van der Waals surface area contributed by atoms with E-state index in [0.29, 0.717) is 0 Å². The molecule has 0 aromatic carbocycles. The van der Waals surface area contributed by atoms with Gasteiger partial charge in [0.15, 0.2) is 0 Å². The number of hydrogen-bond donors (Lipinski definition) is 1. The summed E-state index contributed by atoms with van der Waals surface area (Å²) in [6, 6.07) is -1.31. The van der Waals surface area contributed by atoms with E-state index in [1.807, 2.05) is 0 Å². The molecule has 0 aliphatic carbocycles. The van der Waals surface area contributed by atoms with Gasteiger partial charge in [0, 0.05) is 118 Å². The molecule has 1 N–H and O–H groups in total. The molecule has 5 heterocycles. The van der Waals surface area contributed by atoms with Gasteiger partial charge in [-0.1, -0.05) is 13.8 Å². The zero-order valence-electron chi connectivity index (χ0n) is 36.1. The SMILES string of the molecule is C[C@@]1(CC(=O)[O-])C2=NC(=C1CCC(=O)[O-])C[C@]1(C)N=C(CC3=N[C@H]([C@H](CC(=O)[O-])[C@@]3(C)CCC(=O)[O-])[C@]3(C)N/C(=C\2)[C@@H](CCC(=O)[O-])[C@]3(C)CC(=O)[O-])C(CCC(=O)[O-])=C1CC(=O)[O-]. The fourth-order valence-corrected chi connectivity index (χ4v) is 11.2. The Kier molecular flexibility index (Phi) is 13.5. The number of carbonyl (C=O) groups excluding carboxylic acids is 8. The Labute approximate surface area is 367 Å². The molecule has 0 aromatic rings. The average Bonchev–Trinajstić information content (AvgIpc) is 3.72. The maximum absolute atomic E-state index is 12.8. The van der Waals surface area contributed by atoms with Crippen molar-refractivity contribution < 1.29 is 79.2 Å². The molecular formula is C44H48N4O16-8. The van der Waals surface area contributed by atoms with Crippen LogP contribution in [0.25, 0.3) is 0 Å². The van der Waals surface area contributed by atoms with E-state index in [0.717, 1.165) is 0 Å². The molecule has 5 aliphatic rings. The number of nitrogens with one attached hydrogen (secondary N) is 1. The van der Waals surface area contributed by atoms with E-state index < -0.39 is 144 Å². The fourth-order valence-electron chi connectivity index (χ4n) is 11.2. The van der Waals surface area contributed by atoms with Crippen LogP contribution in [0.3, 0.4) is 0 Å². The molecular weight excluding hydrogens is 840 g/mol. The highest BCUT2D eigenvalue weighted by molar-refractivity contribution is 6.17. The molecule has 1 fully saturated rings. The van der Waals surface area contributed by atoms with Gasteiger partial charge in [0.2, 0.25) is 0 Å². The second kappa shape index (κ2) is 17.8. The van der Waals surface area contributed by atoms with E-state index in [1.54, 1.807) is 13.8 Å². The smallest absolute Gasteiger partial charge is 0.0857 e. The van der Waals surface area contributed by atoms with Crippen LogP contribution in [-0.2, 0) is 38.4 Å². The summed E-state index contributed by atoms with van der Waals surface area (Å²) in [4.78, 5) is 114. The largest absolute Gasteiger partial charge is 0.550 e. The van der Waals surface area contributed by atoms with Crippen molar-refractivity contribution in [3.63, 3.8) is 0 Å². The second-order valence-corrected chi connectivity index (χ2v) is 18.6. The van der Waals surface area contributed by atoms with Gasteiger partial charge in [-0.15, -0.1) is 0 Å². The van der Waals surface area contributed by atoms with Gasteiger partial charge in [-0.2, -0.15) is 0 Å². The van der Waals surface area contributed by atoms with Crippen molar-refractivity contribution in [3.05, 3.63) is 34.2 Å². The maximum Gasteiger partial charge on any atom is 0.0857 e. The lowest BCUT2D eigenvalue weighted by Crippen LogP contribution is -2.61. The fraction of sp³-hybridized carbons (Fsp3) is 0.614. The third-order valence-corrected chi connectivity index (χ3v) is 14.6. The third-order valence-electron chi connectivity index (χ3n) is 14.6. The van der Waals surface area contributed by atoms with Crippen LogP contribution < -0.4 is 46.2 Å². The van der Waals surface area contributed by atoms with Crippen LogP contribution in [0.5, 0.6) is 0 Å². The summed E-state index contributed by atoms with van der Waals surface area (Å²) in [6.45, 7) is 7.57. The van der Waals surface area contributed by atoms with Gasteiger partial charge in [-0.05, 0) is 114 Å². The van der Waals surface area contributed by atoms with Crippen molar-refractivity contribution in [1.82, 2.24) is 5.32 Å². The Morgan fingerprint density at radius 3 is 1.84 bits per heavy atom. The van der Waals surface area contributed by atoms with Crippen molar-refractivity contribution in [3.8, 4) is 0 Å². The van der Waals surface area contributed by atoms with Gasteiger partial charge in [-0.3, -0.25) is 15.0 Å². The molecule has 64 heavy (non-hydrogen) atoms. The van der Waals surface area contributed by atoms with Crippen LogP contribution >= 0.6 is 0 Å². The van der Waals surface area contributed by atoms with Crippen LogP contribution in [0.15, 0.2) is 49.2 Å². The molecule has 20 heteroatoms. The van der Waals surface area contributed by atoms with E-state index in [4.69, 9.17) is 15.0 Å². The van der Waals surface area contributed by atoms with Gasteiger partial charge in [-0.25, -0.2) is 0 Å². The number of fused-ring (bicyclic) bond motifs is 6. The monoisotopic (exact) mass is 888 g/mol. The number of carboxylic acids is 8. The summed E-state index contributed by atoms with van der Waals surface area (Å²) in [5.41, 5.74) is -7.50. The minimum atomic E-state index is -1.71. The van der Waals surface area contributed by atoms with Crippen molar-refractivity contribution in [2.75, 3.05) is 0 Å². The zero-order chi connectivity index (χ0) is 47.9. The summed E-state index contributed by atoms with van der Waals surface area (Å²) >= 11 is 0. The van der Waals surface area contributed by atoms with E-state index in [1.165, 1.54) is 26.8 Å². The molecule has 8 bridgehead atoms. The lowest BCUT2D eigenvalue weighted by Gasteiger charge is -2.49. The van der Waals surface area contributed by atoms with E-state index in [-0.39, 0.29) is 83.8 Å². The molecule has 1 saturated heterocycles. The predicted molar refractivity (Wildman–Crippen MR) is 204 cm³/mol. The molecule has 8 atom stereocenters. The number of hydrogen-bond acceptors (Lipinski definition) is 20. The van der Waals surface area contributed by atoms with Crippen molar-refractivity contribution >= 4 is 64.9 Å². The van der Waals surface area contributed by atoms with Crippen LogP contribution in [0.1, 0.15) is 125 Å². The lowest BCUT2D eigenvalue weighted by molar-refractivity contribution is -0.311. The topological polar surface area (TPSA) is 370 Å². The van der Waals surface area contributed by atoms with Crippen molar-refractivity contribution in [2.24, 2.45) is 43.1 Å². The predicted octanol–water partition coefficient (Wildman–Crippen LogP) is -6.00. The molecule has 0 aromatic heterocycles. The molecule has 0 radical (unpaired) electrons. The average molecular weight is 889 g/mol. The number of nitrogens with zero attached hydrogens (tertiary/aromatic N) is 3. The lowest BCUT2D eigenvalue weighted by atomic mass is 9.56. The highest BCUT2D eigenvalue weighted by Crippen LogP contribution is 2.60. The van der Waals surface area contributed by atoms with Crippen LogP contribution in [0, 0.1) is 28.1 Å². The maximum atomic E-state index is 12.8. The Hall–Kier alpha value is -6.21. The normalized spacial score (nSPS) is 32.6. The van der Waals surface area contributed by atoms with Crippen LogP contribution in [0.2, 0.25) is 0 Å². The quantitative estimate of drug-likeness (QED) is 0.119. The van der Waals surface area contributed by atoms with Gasteiger partial charge < -0.3 is 84.5 Å². The van der Waals surface area contributed by atoms with E-state index in [9.17, 15) is 79.2 Å². The minimum Gasteiger partial charge on any atom is -0.550 e. The van der Waals surface area contributed by atoms with Crippen LogP contribution in [0.4, 0.5) is 0 Å². The first-order valence-electron chi connectivity index (χ1n) is 20.9. The van der Waals surface area contributed by atoms with Gasteiger partial charge in [0.25, 0.3) is 0 Å². The minimum absolute atomic E-state index is 0.0370. The first-order valence-corrected chi connectivity index (χ1v) is 20.9. The van der Waals surface area contributed by atoms with Gasteiger partial charge in [0.1, 0.15) is 0 Å². The first-order chi connectivity index (χ1) is 29.6. The number of carboxylic acid groups (broad SMARTS) is 8. The number of aliphatic imine (C=N–C) groups is 3. The van der Waals surface area contributed by atoms with Crippen molar-refractivity contribution in [1.29, 1.82) is 0 Å². The summed E-state index contributed by atoms with van der Waals surface area (Å²) < 4.78 is 0. The van der Waals surface area contributed by atoms with Crippen LogP contribution in [-0.4, -0.2) is 82.0 Å². The Morgan fingerprint density at radius 1 is 0.703 bits per heavy atom. The number of allylic oxidation sites excluding steroid dienone is 4. The molecule has 0 unspecified atom stereocenters. The van der Waals surface area contributed by atoms with E-state index >= 15 is 0 Å². The highest BCUT2D eigenvalue weighted by Gasteiger charge is 2.65. The van der Waals surface area contributed by atoms with Gasteiger partial charge >= 0.3 is 0 Å². The Bertz CT molecular complexity index is 2270. The first kappa shape index (κ1) is 48.8. The molecule has 0 amide bonds. The second-order valence-electron chi connectivity index (χ2n) is 18.6. The summed E-state index contributed by atoms with van der Waals surface area (Å²) in [5.74, 6) is -14.7. The molecule has 348 valence electrons. The molecule has 0 saturated carbocycles. The summed E-state index contributed by atoms with van der Waals surface area (Å²) in [6.07, 6.45) is -6.29.